The number of esters is 1. The summed E-state index contributed by atoms with van der Waals surface area (Å²) in [5, 5.41) is 116. The Bertz CT molecular complexity index is 3080. The summed E-state index contributed by atoms with van der Waals surface area (Å²) in [5.74, 6) is -0.993. The first kappa shape index (κ1) is 107. The Morgan fingerprint density at radius 2 is 0.717 bits per heavy atom. The van der Waals surface area contributed by atoms with E-state index in [2.05, 4.69) is 55.2 Å². The Kier molecular flexibility index (Phi) is 53.9. The maximum absolute atomic E-state index is 10.8. The smallest absolute Gasteiger partial charge is 0.341 e. The lowest BCUT2D eigenvalue weighted by Gasteiger charge is -2.32. The van der Waals surface area contributed by atoms with Crippen LogP contribution in [0.5, 0.6) is 17.2 Å². The number of aliphatic hydroxyl groups is 6. The molecule has 18 atom stereocenters. The van der Waals surface area contributed by atoms with Crippen LogP contribution in [0.3, 0.4) is 0 Å². The second kappa shape index (κ2) is 60.4. The van der Waals surface area contributed by atoms with E-state index in [4.69, 9.17) is 62.7 Å². The molecule has 3 aromatic rings. The van der Waals surface area contributed by atoms with Crippen LogP contribution in [0.25, 0.3) is 0 Å². The normalized spacial score (nSPS) is 22.6. The molecule has 120 heavy (non-hydrogen) atoms. The highest BCUT2D eigenvalue weighted by molar-refractivity contribution is 5.74. The predicted molar refractivity (Wildman–Crippen MR) is 455 cm³/mol. The van der Waals surface area contributed by atoms with Crippen molar-refractivity contribution in [1.29, 1.82) is 0 Å². The van der Waals surface area contributed by atoms with Crippen molar-refractivity contribution in [2.45, 2.75) is 321 Å². The number of aliphatic hydroxyl groups excluding tert-OH is 6. The molecule has 0 radical (unpaired) electrons. The molecule has 0 saturated heterocycles. The van der Waals surface area contributed by atoms with Gasteiger partial charge in [0, 0.05) is 6.92 Å². The van der Waals surface area contributed by atoms with Gasteiger partial charge in [0.2, 0.25) is 0 Å². The van der Waals surface area contributed by atoms with Gasteiger partial charge in [-0.25, -0.2) is 9.59 Å². The van der Waals surface area contributed by atoms with Crippen molar-refractivity contribution in [2.24, 2.45) is 76.2 Å². The number of ether oxygens (including phenoxy) is 4. The third-order valence-corrected chi connectivity index (χ3v) is 24.3. The fourth-order valence-corrected chi connectivity index (χ4v) is 17.9. The number of carbonyl (C=O) groups excluding carboxylic acids is 2. The van der Waals surface area contributed by atoms with E-state index in [0.29, 0.717) is 85.2 Å². The number of carboxylic acid groups (broad SMARTS) is 6. The average Bonchev–Trinajstić information content (AvgIpc) is 1.63. The molecule has 0 heterocycles. The van der Waals surface area contributed by atoms with Gasteiger partial charge < -0.3 is 119 Å². The minimum atomic E-state index is -1.22. The molecule has 0 amide bonds. The van der Waals surface area contributed by atoms with Gasteiger partial charge in [-0.05, 0) is 285 Å². The fourth-order valence-electron chi connectivity index (χ4n) is 17.9. The van der Waals surface area contributed by atoms with Gasteiger partial charge in [-0.1, -0.05) is 121 Å². The molecular weight excluding hydrogens is 1550 g/mol. The van der Waals surface area contributed by atoms with Gasteiger partial charge in [0.05, 0.1) is 62.3 Å². The SMILES string of the molecule is CCCCC[C@H](O)CC[C@@H]1[C@H]2Cc3cccc(OCC(=O)O)c3C[C@H]2C[C@H]1O.CCCCC[C@H](O)CC[C@@H]1[C@H]2Cc3cccc(OCC(=O)O)c3C[C@H]2C[C@H]1O.CCCCC[C@H](O)CC[C@@H]1[C@H]2Cc3cccc(OCC(=O)[O-])c3C[C@H]2C[C@H]1O.CCOC(C)=O.NCCCC[C@H](N)C(=O)O.N[C@@H](CCCC[NH3+])C(=O)O.N[C@@H](CCCC[NH3+])C(=O)O. The van der Waals surface area contributed by atoms with Crippen LogP contribution in [0, 0.1) is 53.3 Å². The molecule has 3 fully saturated rings. The zero-order chi connectivity index (χ0) is 89.2. The van der Waals surface area contributed by atoms with E-state index in [0.717, 1.165) is 242 Å². The number of carboxylic acids is 6. The molecular formula is C91H153N6O23+. The summed E-state index contributed by atoms with van der Waals surface area (Å²) < 4.78 is 20.8. The number of carbonyl (C=O) groups is 7. The number of quaternary nitrogens is 2. The molecule has 3 aromatic carbocycles. The van der Waals surface area contributed by atoms with E-state index in [1.54, 1.807) is 6.92 Å². The van der Waals surface area contributed by atoms with Gasteiger partial charge in [-0.3, -0.25) is 19.2 Å². The highest BCUT2D eigenvalue weighted by Gasteiger charge is 2.48. The van der Waals surface area contributed by atoms with Crippen molar-refractivity contribution in [3.63, 3.8) is 0 Å². The molecule has 0 spiro atoms. The lowest BCUT2D eigenvalue weighted by Crippen LogP contribution is -2.50. The summed E-state index contributed by atoms with van der Waals surface area (Å²) in [6.07, 6.45) is 30.4. The van der Waals surface area contributed by atoms with Crippen LogP contribution in [0.1, 0.15) is 261 Å². The molecule has 25 N–H and O–H groups in total. The van der Waals surface area contributed by atoms with E-state index < -0.39 is 60.5 Å². The summed E-state index contributed by atoms with van der Waals surface area (Å²) >= 11 is 0. The number of hydrogen-bond acceptors (Lipinski definition) is 22. The van der Waals surface area contributed by atoms with Crippen LogP contribution < -0.4 is 53.7 Å². The largest absolute Gasteiger partial charge is 0.546 e. The molecule has 9 rings (SSSR count). The molecule has 684 valence electrons. The molecule has 0 aliphatic heterocycles. The van der Waals surface area contributed by atoms with E-state index in [-0.39, 0.29) is 73.6 Å². The topological polar surface area (TPSA) is 561 Å². The van der Waals surface area contributed by atoms with Gasteiger partial charge in [0.15, 0.2) is 13.2 Å². The van der Waals surface area contributed by atoms with Crippen molar-refractivity contribution in [3.8, 4) is 17.2 Å². The van der Waals surface area contributed by atoms with Gasteiger partial charge in [-0.2, -0.15) is 0 Å². The minimum Gasteiger partial charge on any atom is -0.546 e. The summed E-state index contributed by atoms with van der Waals surface area (Å²) in [5.41, 5.74) is 35.1. The van der Waals surface area contributed by atoms with Gasteiger partial charge in [-0.15, -0.1) is 0 Å². The summed E-state index contributed by atoms with van der Waals surface area (Å²) in [6, 6.07) is 15.4. The molecule has 6 aliphatic rings. The maximum atomic E-state index is 10.8. The lowest BCUT2D eigenvalue weighted by molar-refractivity contribution is -0.368. The fraction of sp³-hybridized carbons (Fsp3) is 0.725. The first-order valence-electron chi connectivity index (χ1n) is 44.6. The molecule has 29 heteroatoms. The number of unbranched alkanes of at least 4 members (excludes halogenated alkanes) is 9. The Morgan fingerprint density at radius 3 is 0.958 bits per heavy atom. The van der Waals surface area contributed by atoms with Crippen LogP contribution in [0.15, 0.2) is 54.6 Å². The lowest BCUT2D eigenvalue weighted by atomic mass is 9.73. The zero-order valence-electron chi connectivity index (χ0n) is 72.5. The Labute approximate surface area is 711 Å². The standard InChI is InChI=1S/3C23H34O5.3C6H14N2O2.C4H8O2/c3*1-2-3-4-7-17(24)9-10-18-19-11-15-6-5-8-22(28-14-23(26)27)20(15)12-16(19)13-21(18)25;3*7-4-2-1-3-5(8)6(9)10;1-3-6-4(2)5/h3*5-6,8,16-19,21,24-25H,2-4,7,9-14H2,1H3,(H,26,27);3*5H,1-4,7-8H2,(H,9,10);3H2,1-2H3/p+1/t3*16-,17-,18+,19-,21+;3*5-;/m000000./s1. The van der Waals surface area contributed by atoms with E-state index in [9.17, 15) is 69.3 Å². The number of hydrogen-bond donors (Lipinski definition) is 17. The highest BCUT2D eigenvalue weighted by atomic mass is 16.5. The van der Waals surface area contributed by atoms with Crippen molar-refractivity contribution < 1.29 is 125 Å². The van der Waals surface area contributed by atoms with Crippen LogP contribution in [0.4, 0.5) is 0 Å². The molecule has 6 aliphatic carbocycles. The van der Waals surface area contributed by atoms with E-state index in [1.807, 2.05) is 36.4 Å². The molecule has 0 aromatic heterocycles. The highest BCUT2D eigenvalue weighted by Crippen LogP contribution is 2.52. The quantitative estimate of drug-likeness (QED) is 0.0197. The second-order valence-corrected chi connectivity index (χ2v) is 33.5. The van der Waals surface area contributed by atoms with Crippen molar-refractivity contribution >= 4 is 41.8 Å². The summed E-state index contributed by atoms with van der Waals surface area (Å²) in [4.78, 5) is 72.7. The van der Waals surface area contributed by atoms with Crippen molar-refractivity contribution in [3.05, 3.63) is 88.0 Å². The Hall–Kier alpha value is -7.13. The monoisotopic (exact) mass is 1700 g/mol. The number of fused-ring (bicyclic) bond motifs is 6. The van der Waals surface area contributed by atoms with Gasteiger partial charge in [0.1, 0.15) is 42.0 Å². The predicted octanol–water partition coefficient (Wildman–Crippen LogP) is 7.13. The van der Waals surface area contributed by atoms with Crippen molar-refractivity contribution in [2.75, 3.05) is 46.1 Å². The first-order valence-corrected chi connectivity index (χ1v) is 44.6. The molecule has 0 unspecified atom stereocenters. The first-order chi connectivity index (χ1) is 57.3. The second-order valence-electron chi connectivity index (χ2n) is 33.5. The molecule has 29 nitrogen and oxygen atoms in total. The van der Waals surface area contributed by atoms with Crippen LogP contribution in [0.2, 0.25) is 0 Å². The number of nitrogens with two attached hydrogens (primary N) is 4. The van der Waals surface area contributed by atoms with Crippen LogP contribution in [-0.4, -0.2) is 199 Å². The van der Waals surface area contributed by atoms with Crippen LogP contribution in [-0.2, 0) is 76.8 Å². The zero-order valence-corrected chi connectivity index (χ0v) is 72.5. The van der Waals surface area contributed by atoms with Crippen molar-refractivity contribution in [1.82, 2.24) is 0 Å². The van der Waals surface area contributed by atoms with E-state index in [1.165, 1.54) is 23.6 Å². The average molecular weight is 1700 g/mol. The third kappa shape index (κ3) is 40.5. The number of aliphatic carboxylic acids is 6. The van der Waals surface area contributed by atoms with Crippen LogP contribution >= 0.6 is 0 Å². The molecule has 0 bridgehead atoms. The van der Waals surface area contributed by atoms with Gasteiger partial charge in [0.25, 0.3) is 0 Å². The van der Waals surface area contributed by atoms with Gasteiger partial charge >= 0.3 is 35.8 Å². The van der Waals surface area contributed by atoms with E-state index >= 15 is 0 Å². The molecule has 3 saturated carbocycles. The number of benzene rings is 3. The Morgan fingerprint density at radius 1 is 0.425 bits per heavy atom. The minimum absolute atomic E-state index is 0.211. The summed E-state index contributed by atoms with van der Waals surface area (Å²) in [7, 11) is 0. The maximum Gasteiger partial charge on any atom is 0.341 e. The summed E-state index contributed by atoms with van der Waals surface area (Å²) in [6.45, 7) is 11.4. The third-order valence-electron chi connectivity index (χ3n) is 24.3. The number of rotatable bonds is 46. The Balaban J connectivity index is 0.000000387.